The zero-order valence-electron chi connectivity index (χ0n) is 14.3. The van der Waals surface area contributed by atoms with Crippen molar-refractivity contribution in [2.75, 3.05) is 37.8 Å². The van der Waals surface area contributed by atoms with Gasteiger partial charge < -0.3 is 19.5 Å². The zero-order chi connectivity index (χ0) is 17.6. The fourth-order valence-electron chi connectivity index (χ4n) is 2.56. The summed E-state index contributed by atoms with van der Waals surface area (Å²) >= 11 is 6.84. The molecule has 2 heterocycles. The van der Waals surface area contributed by atoms with Crippen molar-refractivity contribution in [3.05, 3.63) is 33.8 Å². The summed E-state index contributed by atoms with van der Waals surface area (Å²) in [5, 5.41) is 15.7. The van der Waals surface area contributed by atoms with Crippen molar-refractivity contribution in [3.8, 4) is 5.75 Å². The van der Waals surface area contributed by atoms with Crippen LogP contribution in [-0.2, 0) is 17.7 Å². The van der Waals surface area contributed by atoms with Crippen LogP contribution in [0.4, 0.5) is 5.13 Å². The maximum Gasteiger partial charge on any atom is 0.207 e. The first-order valence-electron chi connectivity index (χ1n) is 8.46. The van der Waals surface area contributed by atoms with Gasteiger partial charge in [-0.15, -0.1) is 5.10 Å². The molecule has 1 N–H and O–H groups in total. The van der Waals surface area contributed by atoms with Crippen LogP contribution in [0.5, 0.6) is 5.75 Å². The molecule has 1 aliphatic rings. The Hall–Kier alpha value is -1.48. The molecule has 25 heavy (non-hydrogen) atoms. The Morgan fingerprint density at radius 2 is 2.04 bits per heavy atom. The lowest BCUT2D eigenvalue weighted by Crippen LogP contribution is -2.36. The predicted molar refractivity (Wildman–Crippen MR) is 101 cm³/mol. The van der Waals surface area contributed by atoms with Crippen LogP contribution in [0, 0.1) is 3.95 Å². The van der Waals surface area contributed by atoms with Gasteiger partial charge in [-0.3, -0.25) is 0 Å². The second-order valence-corrected chi connectivity index (χ2v) is 7.50. The standard InChI is InChI=1S/C17H23N3O3S2/c1-2-13-3-5-15(6-4-13)23-12-14(21)11-20-17(24)25-16(18-20)19-7-9-22-10-8-19/h3-6,14,21H,2,7-12H2,1H3. The van der Waals surface area contributed by atoms with Gasteiger partial charge in [-0.05, 0) is 36.3 Å². The molecule has 0 bridgehead atoms. The monoisotopic (exact) mass is 381 g/mol. The van der Waals surface area contributed by atoms with Gasteiger partial charge in [0.25, 0.3) is 0 Å². The molecule has 0 radical (unpaired) electrons. The fourth-order valence-corrected chi connectivity index (χ4v) is 3.73. The number of ether oxygens (including phenoxy) is 2. The van der Waals surface area contributed by atoms with Gasteiger partial charge in [-0.1, -0.05) is 30.4 Å². The quantitative estimate of drug-likeness (QED) is 0.744. The summed E-state index contributed by atoms with van der Waals surface area (Å²) in [6, 6.07) is 7.92. The van der Waals surface area contributed by atoms with Gasteiger partial charge in [0.2, 0.25) is 5.13 Å². The van der Waals surface area contributed by atoms with Crippen LogP contribution in [-0.4, -0.2) is 53.9 Å². The molecule has 0 aliphatic carbocycles. The van der Waals surface area contributed by atoms with E-state index < -0.39 is 6.10 Å². The predicted octanol–water partition coefficient (Wildman–Crippen LogP) is 2.51. The van der Waals surface area contributed by atoms with E-state index in [-0.39, 0.29) is 6.61 Å². The number of aliphatic hydroxyl groups excluding tert-OH is 1. The number of aromatic nitrogens is 2. The number of hydrogen-bond acceptors (Lipinski definition) is 7. The highest BCUT2D eigenvalue weighted by Gasteiger charge is 2.17. The Kier molecular flexibility index (Phi) is 6.41. The number of anilines is 1. The highest BCUT2D eigenvalue weighted by atomic mass is 32.1. The van der Waals surface area contributed by atoms with Crippen LogP contribution >= 0.6 is 23.6 Å². The Balaban J connectivity index is 1.54. The van der Waals surface area contributed by atoms with Gasteiger partial charge in [-0.25, -0.2) is 4.68 Å². The first-order valence-corrected chi connectivity index (χ1v) is 9.68. The number of aryl methyl sites for hydroxylation is 1. The van der Waals surface area contributed by atoms with Gasteiger partial charge in [0.15, 0.2) is 3.95 Å². The third-order valence-electron chi connectivity index (χ3n) is 4.03. The molecule has 3 rings (SSSR count). The third kappa shape index (κ3) is 5.01. The summed E-state index contributed by atoms with van der Waals surface area (Å²) in [5.74, 6) is 0.757. The van der Waals surface area contributed by atoms with E-state index in [0.29, 0.717) is 23.7 Å². The molecule has 1 fully saturated rings. The molecule has 0 saturated carbocycles. The molecular weight excluding hydrogens is 358 g/mol. The van der Waals surface area contributed by atoms with Crippen molar-refractivity contribution in [3.63, 3.8) is 0 Å². The lowest BCUT2D eigenvalue weighted by molar-refractivity contribution is 0.0889. The van der Waals surface area contributed by atoms with E-state index in [9.17, 15) is 5.11 Å². The fraction of sp³-hybridized carbons (Fsp3) is 0.529. The first kappa shape index (κ1) is 18.3. The second kappa shape index (κ2) is 8.75. The Morgan fingerprint density at radius 1 is 1.32 bits per heavy atom. The average Bonchev–Trinajstić information content (AvgIpc) is 3.01. The molecule has 1 atom stereocenters. The van der Waals surface area contributed by atoms with E-state index in [0.717, 1.165) is 30.4 Å². The summed E-state index contributed by atoms with van der Waals surface area (Å²) < 4.78 is 13.4. The van der Waals surface area contributed by atoms with Gasteiger partial charge in [0.05, 0.1) is 19.8 Å². The second-order valence-electron chi connectivity index (χ2n) is 5.89. The van der Waals surface area contributed by atoms with E-state index in [2.05, 4.69) is 16.9 Å². The van der Waals surface area contributed by atoms with E-state index in [1.54, 1.807) is 4.68 Å². The molecule has 8 heteroatoms. The zero-order valence-corrected chi connectivity index (χ0v) is 15.9. The molecule has 0 spiro atoms. The minimum Gasteiger partial charge on any atom is -0.491 e. The van der Waals surface area contributed by atoms with E-state index in [1.165, 1.54) is 16.9 Å². The molecule has 1 unspecified atom stereocenters. The van der Waals surface area contributed by atoms with E-state index >= 15 is 0 Å². The van der Waals surface area contributed by atoms with Gasteiger partial charge >= 0.3 is 0 Å². The Morgan fingerprint density at radius 3 is 2.72 bits per heavy atom. The molecule has 2 aromatic rings. The number of rotatable bonds is 7. The summed E-state index contributed by atoms with van der Waals surface area (Å²) in [5.41, 5.74) is 1.26. The molecule has 6 nitrogen and oxygen atoms in total. The van der Waals surface area contributed by atoms with Crippen LogP contribution in [0.15, 0.2) is 24.3 Å². The van der Waals surface area contributed by atoms with Crippen molar-refractivity contribution < 1.29 is 14.6 Å². The molecule has 1 aromatic heterocycles. The van der Waals surface area contributed by atoms with Gasteiger partial charge in [0.1, 0.15) is 18.5 Å². The SMILES string of the molecule is CCc1ccc(OCC(O)Cn2nc(N3CCOCC3)sc2=S)cc1. The molecule has 1 saturated heterocycles. The summed E-state index contributed by atoms with van der Waals surface area (Å²) in [7, 11) is 0. The number of benzene rings is 1. The topological polar surface area (TPSA) is 59.8 Å². The highest BCUT2D eigenvalue weighted by molar-refractivity contribution is 7.73. The molecule has 136 valence electrons. The number of aliphatic hydroxyl groups is 1. The Bertz CT molecular complexity index is 723. The maximum absolute atomic E-state index is 10.2. The molecule has 1 aromatic carbocycles. The van der Waals surface area contributed by atoms with Crippen LogP contribution in [0.2, 0.25) is 0 Å². The molecule has 0 amide bonds. The van der Waals surface area contributed by atoms with E-state index in [4.69, 9.17) is 21.7 Å². The van der Waals surface area contributed by atoms with E-state index in [1.807, 2.05) is 24.3 Å². The van der Waals surface area contributed by atoms with Crippen LogP contribution in [0.3, 0.4) is 0 Å². The van der Waals surface area contributed by atoms with Crippen molar-refractivity contribution in [2.24, 2.45) is 0 Å². The van der Waals surface area contributed by atoms with Gasteiger partial charge in [-0.2, -0.15) is 0 Å². The Labute approximate surface area is 156 Å². The smallest absolute Gasteiger partial charge is 0.207 e. The lowest BCUT2D eigenvalue weighted by atomic mass is 10.2. The summed E-state index contributed by atoms with van der Waals surface area (Å²) in [4.78, 5) is 2.17. The summed E-state index contributed by atoms with van der Waals surface area (Å²) in [6.45, 7) is 5.70. The number of nitrogens with zero attached hydrogens (tertiary/aromatic N) is 3. The van der Waals surface area contributed by atoms with Crippen LogP contribution in [0.25, 0.3) is 0 Å². The van der Waals surface area contributed by atoms with Crippen molar-refractivity contribution in [1.29, 1.82) is 0 Å². The van der Waals surface area contributed by atoms with Crippen LogP contribution < -0.4 is 9.64 Å². The molecule has 1 aliphatic heterocycles. The number of morpholine rings is 1. The average molecular weight is 382 g/mol. The van der Waals surface area contributed by atoms with Crippen LogP contribution in [0.1, 0.15) is 12.5 Å². The molecular formula is C17H23N3O3S2. The third-order valence-corrected chi connectivity index (χ3v) is 5.40. The van der Waals surface area contributed by atoms with Gasteiger partial charge in [0, 0.05) is 13.1 Å². The first-order chi connectivity index (χ1) is 12.2. The lowest BCUT2D eigenvalue weighted by Gasteiger charge is -2.25. The number of hydrogen-bond donors (Lipinski definition) is 1. The van der Waals surface area contributed by atoms with Crippen molar-refractivity contribution in [2.45, 2.75) is 26.0 Å². The van der Waals surface area contributed by atoms with Crippen molar-refractivity contribution >= 4 is 28.7 Å². The normalized spacial score (nSPS) is 16.0. The van der Waals surface area contributed by atoms with Crippen molar-refractivity contribution in [1.82, 2.24) is 9.78 Å². The maximum atomic E-state index is 10.2. The highest BCUT2D eigenvalue weighted by Crippen LogP contribution is 2.21. The summed E-state index contributed by atoms with van der Waals surface area (Å²) in [6.07, 6.45) is 0.327. The largest absolute Gasteiger partial charge is 0.491 e. The minimum absolute atomic E-state index is 0.206. The minimum atomic E-state index is -0.669.